The van der Waals surface area contributed by atoms with Crippen molar-refractivity contribution in [2.24, 2.45) is 0 Å². The topological polar surface area (TPSA) is 43.4 Å². The maximum Gasteiger partial charge on any atom is 0.161 e. The average molecular weight is 247 g/mol. The van der Waals surface area contributed by atoms with Crippen LogP contribution in [0.2, 0.25) is 10.0 Å². The molecule has 0 aliphatic carbocycles. The molecule has 0 radical (unpaired) electrons. The van der Waals surface area contributed by atoms with Crippen LogP contribution >= 0.6 is 23.2 Å². The third-order valence-corrected chi connectivity index (χ3v) is 2.60. The third-order valence-electron chi connectivity index (χ3n) is 1.73. The number of carbonyl (C=O) groups is 2. The van der Waals surface area contributed by atoms with Crippen LogP contribution in [0, 0.1) is 0 Å². The molecule has 0 atom stereocenters. The summed E-state index contributed by atoms with van der Waals surface area (Å²) in [5, 5.41) is 0.291. The van der Waals surface area contributed by atoms with Crippen molar-refractivity contribution >= 4 is 35.3 Å². The van der Waals surface area contributed by atoms with Gasteiger partial charge in [-0.2, -0.15) is 0 Å². The second-order valence-electron chi connectivity index (χ2n) is 2.77. The van der Waals surface area contributed by atoms with Gasteiger partial charge in [-0.25, -0.2) is 0 Å². The van der Waals surface area contributed by atoms with E-state index in [2.05, 4.69) is 0 Å². The third kappa shape index (κ3) is 2.70. The number of rotatable bonds is 4. The summed E-state index contributed by atoms with van der Waals surface area (Å²) in [5.74, 6) is 0.114. The lowest BCUT2D eigenvalue weighted by molar-refractivity contribution is -0.109. The lowest BCUT2D eigenvalue weighted by Gasteiger charge is -2.08. The molecule has 3 nitrogen and oxygen atoms in total. The number of carbonyl (C=O) groups excluding carboxylic acids is 2. The van der Waals surface area contributed by atoms with Gasteiger partial charge in [0.05, 0.1) is 5.02 Å². The fourth-order valence-corrected chi connectivity index (χ4v) is 1.55. The Bertz CT molecular complexity index is 402. The zero-order valence-electron chi connectivity index (χ0n) is 7.92. The van der Waals surface area contributed by atoms with Gasteiger partial charge < -0.3 is 4.74 Å². The zero-order chi connectivity index (χ0) is 11.4. The SMILES string of the molecule is CC(=O)c1ccc(OCC=O)c(Cl)c1Cl. The molecule has 0 heterocycles. The number of halogens is 2. The first-order valence-electron chi connectivity index (χ1n) is 4.13. The molecule has 0 aliphatic heterocycles. The minimum Gasteiger partial charge on any atom is -0.485 e. The number of hydrogen-bond acceptors (Lipinski definition) is 3. The molecule has 80 valence electrons. The van der Waals surface area contributed by atoms with Crippen molar-refractivity contribution in [3.8, 4) is 5.75 Å². The monoisotopic (exact) mass is 246 g/mol. The van der Waals surface area contributed by atoms with Gasteiger partial charge in [0.2, 0.25) is 0 Å². The molecule has 0 unspecified atom stereocenters. The van der Waals surface area contributed by atoms with Gasteiger partial charge in [-0.05, 0) is 19.1 Å². The predicted molar refractivity (Wildman–Crippen MR) is 58.0 cm³/mol. The van der Waals surface area contributed by atoms with Gasteiger partial charge in [0.15, 0.2) is 12.1 Å². The molecule has 0 amide bonds. The number of ketones is 1. The molecular weight excluding hydrogens is 239 g/mol. The first-order chi connectivity index (χ1) is 7.07. The van der Waals surface area contributed by atoms with Crippen LogP contribution in [0.4, 0.5) is 0 Å². The van der Waals surface area contributed by atoms with Gasteiger partial charge in [0.1, 0.15) is 17.4 Å². The Morgan fingerprint density at radius 2 is 2.07 bits per heavy atom. The van der Waals surface area contributed by atoms with Crippen LogP contribution in [0.15, 0.2) is 12.1 Å². The first-order valence-corrected chi connectivity index (χ1v) is 4.89. The molecule has 15 heavy (non-hydrogen) atoms. The normalized spacial score (nSPS) is 9.80. The molecule has 0 N–H and O–H groups in total. The fourth-order valence-electron chi connectivity index (χ4n) is 1.04. The molecule has 0 aliphatic rings. The summed E-state index contributed by atoms with van der Waals surface area (Å²) in [6, 6.07) is 3.02. The maximum atomic E-state index is 11.1. The van der Waals surface area contributed by atoms with Crippen LogP contribution in [-0.4, -0.2) is 18.7 Å². The number of ether oxygens (including phenoxy) is 1. The predicted octanol–water partition coefficient (Wildman–Crippen LogP) is 2.77. The van der Waals surface area contributed by atoms with Gasteiger partial charge in [-0.3, -0.25) is 9.59 Å². The Kier molecular flexibility index (Phi) is 4.12. The van der Waals surface area contributed by atoms with Crippen molar-refractivity contribution in [3.05, 3.63) is 27.7 Å². The van der Waals surface area contributed by atoms with Crippen molar-refractivity contribution in [2.45, 2.75) is 6.92 Å². The van der Waals surface area contributed by atoms with E-state index in [0.717, 1.165) is 0 Å². The summed E-state index contributed by atoms with van der Waals surface area (Å²) in [5.41, 5.74) is 0.333. The quantitative estimate of drug-likeness (QED) is 0.606. The second kappa shape index (κ2) is 5.14. The summed E-state index contributed by atoms with van der Waals surface area (Å²) in [4.78, 5) is 21.2. The van der Waals surface area contributed by atoms with Crippen molar-refractivity contribution in [1.82, 2.24) is 0 Å². The molecule has 0 fully saturated rings. The molecule has 1 aromatic rings. The van der Waals surface area contributed by atoms with Crippen LogP contribution < -0.4 is 4.74 Å². The molecule has 0 aromatic heterocycles. The highest BCUT2D eigenvalue weighted by molar-refractivity contribution is 6.44. The summed E-state index contributed by atoms with van der Waals surface area (Å²) in [7, 11) is 0. The van der Waals surface area contributed by atoms with Gasteiger partial charge in [0, 0.05) is 5.56 Å². The fraction of sp³-hybridized carbons (Fsp3) is 0.200. The summed E-state index contributed by atoms with van der Waals surface area (Å²) in [6.07, 6.45) is 0.600. The molecule has 0 spiro atoms. The lowest BCUT2D eigenvalue weighted by Crippen LogP contribution is -2.00. The minimum atomic E-state index is -0.177. The lowest BCUT2D eigenvalue weighted by atomic mass is 10.1. The van der Waals surface area contributed by atoms with E-state index in [1.165, 1.54) is 19.1 Å². The van der Waals surface area contributed by atoms with E-state index in [1.54, 1.807) is 0 Å². The maximum absolute atomic E-state index is 11.1. The van der Waals surface area contributed by atoms with Crippen molar-refractivity contribution < 1.29 is 14.3 Å². The highest BCUT2D eigenvalue weighted by Gasteiger charge is 2.13. The van der Waals surface area contributed by atoms with Crippen LogP contribution in [0.5, 0.6) is 5.75 Å². The summed E-state index contributed by atoms with van der Waals surface area (Å²) < 4.78 is 5.01. The van der Waals surface area contributed by atoms with Crippen molar-refractivity contribution in [1.29, 1.82) is 0 Å². The van der Waals surface area contributed by atoms with Gasteiger partial charge in [0.25, 0.3) is 0 Å². The largest absolute Gasteiger partial charge is 0.485 e. The van der Waals surface area contributed by atoms with E-state index in [9.17, 15) is 9.59 Å². The Morgan fingerprint density at radius 1 is 1.40 bits per heavy atom. The Hall–Kier alpha value is -1.06. The molecule has 0 saturated carbocycles. The molecule has 0 saturated heterocycles. The number of Topliss-reactive ketones (excluding diaryl/α,β-unsaturated/α-hetero) is 1. The van der Waals surface area contributed by atoms with E-state index in [0.29, 0.717) is 17.6 Å². The van der Waals surface area contributed by atoms with E-state index < -0.39 is 0 Å². The van der Waals surface area contributed by atoms with Crippen LogP contribution in [0.1, 0.15) is 17.3 Å². The van der Waals surface area contributed by atoms with Crippen LogP contribution in [0.3, 0.4) is 0 Å². The highest BCUT2D eigenvalue weighted by Crippen LogP contribution is 2.34. The molecule has 1 aromatic carbocycles. The van der Waals surface area contributed by atoms with Gasteiger partial charge in [-0.1, -0.05) is 23.2 Å². The molecular formula is C10H8Cl2O3. The van der Waals surface area contributed by atoms with E-state index >= 15 is 0 Å². The second-order valence-corrected chi connectivity index (χ2v) is 3.53. The van der Waals surface area contributed by atoms with E-state index in [-0.39, 0.29) is 22.4 Å². The Morgan fingerprint density at radius 3 is 2.60 bits per heavy atom. The first kappa shape index (κ1) is 12.0. The summed E-state index contributed by atoms with van der Waals surface area (Å²) in [6.45, 7) is 1.29. The van der Waals surface area contributed by atoms with Gasteiger partial charge in [-0.15, -0.1) is 0 Å². The minimum absolute atomic E-state index is 0.102. The van der Waals surface area contributed by atoms with Crippen LogP contribution in [0.25, 0.3) is 0 Å². The van der Waals surface area contributed by atoms with E-state index in [4.69, 9.17) is 27.9 Å². The van der Waals surface area contributed by atoms with Crippen molar-refractivity contribution in [2.75, 3.05) is 6.61 Å². The molecule has 0 bridgehead atoms. The molecule has 5 heteroatoms. The number of hydrogen-bond donors (Lipinski definition) is 0. The van der Waals surface area contributed by atoms with Crippen molar-refractivity contribution in [3.63, 3.8) is 0 Å². The Labute approximate surface area is 96.9 Å². The smallest absolute Gasteiger partial charge is 0.161 e. The zero-order valence-corrected chi connectivity index (χ0v) is 9.43. The van der Waals surface area contributed by atoms with Crippen LogP contribution in [-0.2, 0) is 4.79 Å². The standard InChI is InChI=1S/C10H8Cl2O3/c1-6(14)7-2-3-8(15-5-4-13)10(12)9(7)11/h2-4H,5H2,1H3. The number of benzene rings is 1. The Balaban J connectivity index is 3.09. The number of aldehydes is 1. The van der Waals surface area contributed by atoms with E-state index in [1.807, 2.05) is 0 Å². The molecule has 1 rings (SSSR count). The highest BCUT2D eigenvalue weighted by atomic mass is 35.5. The average Bonchev–Trinajstić information content (AvgIpc) is 2.20. The van der Waals surface area contributed by atoms with Gasteiger partial charge >= 0.3 is 0 Å². The summed E-state index contributed by atoms with van der Waals surface area (Å²) >= 11 is 11.7.